The third-order valence-corrected chi connectivity index (χ3v) is 20.4. The number of ether oxygens (including phenoxy) is 3. The Hall–Kier alpha value is -7.70. The molecule has 6 N–H and O–H groups in total. The first-order valence-electron chi connectivity index (χ1n) is 34.6. The molecule has 2 aromatic carbocycles. The van der Waals surface area contributed by atoms with Crippen LogP contribution in [-0.4, -0.2) is 161 Å². The molecule has 532 valence electrons. The van der Waals surface area contributed by atoms with Crippen LogP contribution in [0.1, 0.15) is 180 Å². The Morgan fingerprint density at radius 1 is 0.773 bits per heavy atom. The van der Waals surface area contributed by atoms with E-state index in [-0.39, 0.29) is 129 Å². The average Bonchev–Trinajstić information content (AvgIpc) is 1.81. The number of unbranched alkanes of at least 4 members (excludes halogenated alkanes) is 2. The minimum atomic E-state index is -1.46. The van der Waals surface area contributed by atoms with Gasteiger partial charge in [-0.05, 0) is 113 Å². The SMILES string of the molecule is CO[C@H]([C@@H](C)C(=O)C[C@@H](Cc1ccccc1)c1nccs1)[C@@H]1CCCN1C(=O)C[C@@H](OC)[C@H](C1CCCCC1)N(C)C(=O)[C@@H](CC(=O)C(C)(C)NC(=O)OCc1ccc(NC(=O)C(CCCNC(N)=O)CC(=O)[C@@H](NC(=O)CCCCCN2C(=O)C=CC2=O)C(C)C)cc1)C(C)C. The molecule has 1 saturated carbocycles. The van der Waals surface area contributed by atoms with Crippen LogP contribution < -0.4 is 27.0 Å². The van der Waals surface area contributed by atoms with Gasteiger partial charge in [0, 0.05) is 120 Å². The maximum Gasteiger partial charge on any atom is 0.408 e. The number of carbonyl (C=O) groups is 11. The van der Waals surface area contributed by atoms with Crippen molar-refractivity contribution in [1.29, 1.82) is 0 Å². The second kappa shape index (κ2) is 38.4. The van der Waals surface area contributed by atoms with Crippen molar-refractivity contribution >= 4 is 81.9 Å². The minimum Gasteiger partial charge on any atom is -0.445 e. The van der Waals surface area contributed by atoms with Crippen LogP contribution in [0.25, 0.3) is 0 Å². The molecule has 9 atom stereocenters. The first kappa shape index (κ1) is 78.3. The number of aromatic nitrogens is 1. The lowest BCUT2D eigenvalue weighted by Gasteiger charge is -2.43. The summed E-state index contributed by atoms with van der Waals surface area (Å²) in [5.41, 5.74) is 5.86. The monoisotopic (exact) mass is 1360 g/mol. The molecule has 97 heavy (non-hydrogen) atoms. The number of nitrogens with zero attached hydrogens (tertiary/aromatic N) is 4. The Balaban J connectivity index is 1.02. The number of thiazole rings is 1. The number of anilines is 1. The van der Waals surface area contributed by atoms with Crippen LogP contribution in [0.4, 0.5) is 15.3 Å². The van der Waals surface area contributed by atoms with Gasteiger partial charge in [-0.15, -0.1) is 11.3 Å². The fourth-order valence-electron chi connectivity index (χ4n) is 13.7. The number of amides is 9. The molecule has 2 fully saturated rings. The summed E-state index contributed by atoms with van der Waals surface area (Å²) in [4.78, 5) is 157. The van der Waals surface area contributed by atoms with Gasteiger partial charge in [0.2, 0.25) is 23.6 Å². The molecule has 3 aliphatic rings. The second-order valence-electron chi connectivity index (χ2n) is 27.6. The average molecular weight is 1360 g/mol. The molecular weight excluding hydrogens is 1260 g/mol. The maximum atomic E-state index is 15.0. The van der Waals surface area contributed by atoms with Crippen LogP contribution in [0.5, 0.6) is 0 Å². The number of benzene rings is 2. The molecule has 1 aromatic heterocycles. The highest BCUT2D eigenvalue weighted by atomic mass is 32.1. The number of hydrogen-bond acceptors (Lipinski definition) is 16. The van der Waals surface area contributed by atoms with Gasteiger partial charge < -0.3 is 51.0 Å². The quantitative estimate of drug-likeness (QED) is 0.0261. The lowest BCUT2D eigenvalue weighted by Crippen LogP contribution is -2.55. The molecule has 23 nitrogen and oxygen atoms in total. The van der Waals surface area contributed by atoms with Crippen molar-refractivity contribution in [2.45, 2.75) is 212 Å². The number of methoxy groups -OCH3 is 2. The molecule has 3 heterocycles. The molecule has 9 amide bonds. The van der Waals surface area contributed by atoms with Crippen LogP contribution >= 0.6 is 11.3 Å². The molecule has 6 rings (SSSR count). The topological polar surface area (TPSA) is 312 Å². The number of alkyl carbamates (subject to hydrolysis) is 1. The van der Waals surface area contributed by atoms with Crippen LogP contribution in [0.2, 0.25) is 0 Å². The van der Waals surface area contributed by atoms with E-state index in [1.807, 2.05) is 49.3 Å². The number of nitrogens with two attached hydrogens (primary N) is 1. The summed E-state index contributed by atoms with van der Waals surface area (Å²) < 4.78 is 18.0. The first-order valence-corrected chi connectivity index (χ1v) is 35.5. The molecule has 3 aromatic rings. The zero-order valence-electron chi connectivity index (χ0n) is 58.5. The number of likely N-dealkylation sites (tertiary alicyclic amines) is 1. The maximum absolute atomic E-state index is 15.0. The first-order chi connectivity index (χ1) is 46.2. The van der Waals surface area contributed by atoms with Crippen molar-refractivity contribution in [3.63, 3.8) is 0 Å². The predicted octanol–water partition coefficient (Wildman–Crippen LogP) is 9.41. The summed E-state index contributed by atoms with van der Waals surface area (Å²) in [6.45, 7) is 13.1. The fraction of sp³-hybridized carbons (Fsp3) is 0.616. The number of ketones is 3. The molecule has 0 radical (unpaired) electrons. The number of primary amides is 1. The van der Waals surface area contributed by atoms with Crippen LogP contribution in [-0.2, 0) is 70.4 Å². The van der Waals surface area contributed by atoms with Gasteiger partial charge in [-0.1, -0.05) is 103 Å². The lowest BCUT2D eigenvalue weighted by atomic mass is 9.79. The summed E-state index contributed by atoms with van der Waals surface area (Å²) in [5.74, 6) is -5.49. The number of hydrogen-bond donors (Lipinski definition) is 5. The van der Waals surface area contributed by atoms with Crippen molar-refractivity contribution in [3.8, 4) is 0 Å². The number of rotatable bonds is 40. The van der Waals surface area contributed by atoms with E-state index in [4.69, 9.17) is 19.9 Å². The van der Waals surface area contributed by atoms with Gasteiger partial charge in [0.1, 0.15) is 12.4 Å². The Kier molecular flexibility index (Phi) is 31.0. The van der Waals surface area contributed by atoms with Gasteiger partial charge in [0.25, 0.3) is 11.8 Å². The lowest BCUT2D eigenvalue weighted by molar-refractivity contribution is -0.149. The Labute approximate surface area is 576 Å². The van der Waals surface area contributed by atoms with Gasteiger partial charge >= 0.3 is 12.1 Å². The minimum absolute atomic E-state index is 0.00669. The summed E-state index contributed by atoms with van der Waals surface area (Å²) in [5, 5.41) is 13.7. The summed E-state index contributed by atoms with van der Waals surface area (Å²) in [6.07, 6.45) is 10.9. The van der Waals surface area contributed by atoms with E-state index < -0.39 is 71.4 Å². The Morgan fingerprint density at radius 2 is 1.46 bits per heavy atom. The summed E-state index contributed by atoms with van der Waals surface area (Å²) in [7, 11) is 4.92. The molecular formula is C73H105N9O14S. The number of urea groups is 1. The second-order valence-corrected chi connectivity index (χ2v) is 28.5. The Morgan fingerprint density at radius 3 is 2.08 bits per heavy atom. The molecule has 24 heteroatoms. The normalized spacial score (nSPS) is 17.6. The summed E-state index contributed by atoms with van der Waals surface area (Å²) >= 11 is 1.54. The van der Waals surface area contributed by atoms with E-state index in [9.17, 15) is 47.9 Å². The Bertz CT molecular complexity index is 3140. The number of nitrogens with one attached hydrogen (secondary N) is 4. The van der Waals surface area contributed by atoms with Crippen molar-refractivity contribution in [2.75, 3.05) is 46.2 Å². The van der Waals surface area contributed by atoms with Crippen molar-refractivity contribution < 1.29 is 67.0 Å². The molecule has 1 aliphatic carbocycles. The van der Waals surface area contributed by atoms with E-state index in [0.29, 0.717) is 56.3 Å². The molecule has 0 spiro atoms. The molecule has 0 bridgehead atoms. The third kappa shape index (κ3) is 23.5. The molecule has 2 aliphatic heterocycles. The van der Waals surface area contributed by atoms with Crippen molar-refractivity contribution in [2.24, 2.45) is 41.2 Å². The van der Waals surface area contributed by atoms with Gasteiger partial charge in [0.05, 0.1) is 47.3 Å². The predicted molar refractivity (Wildman–Crippen MR) is 369 cm³/mol. The van der Waals surface area contributed by atoms with Crippen LogP contribution in [0.3, 0.4) is 0 Å². The zero-order chi connectivity index (χ0) is 70.9. The van der Waals surface area contributed by atoms with E-state index >= 15 is 4.79 Å². The van der Waals surface area contributed by atoms with Gasteiger partial charge in [-0.3, -0.25) is 48.1 Å². The third-order valence-electron chi connectivity index (χ3n) is 19.4. The summed E-state index contributed by atoms with van der Waals surface area (Å²) in [6, 6.07) is 14.1. The van der Waals surface area contributed by atoms with Gasteiger partial charge in [0.15, 0.2) is 11.6 Å². The van der Waals surface area contributed by atoms with Crippen molar-refractivity contribution in [1.82, 2.24) is 35.6 Å². The zero-order valence-corrected chi connectivity index (χ0v) is 59.3. The van der Waals surface area contributed by atoms with E-state index in [2.05, 4.69) is 38.4 Å². The smallest absolute Gasteiger partial charge is 0.408 e. The highest BCUT2D eigenvalue weighted by molar-refractivity contribution is 7.09. The van der Waals surface area contributed by atoms with Crippen LogP contribution in [0, 0.1) is 35.5 Å². The van der Waals surface area contributed by atoms with Crippen molar-refractivity contribution in [3.05, 3.63) is 94.5 Å². The highest BCUT2D eigenvalue weighted by Crippen LogP contribution is 2.37. The van der Waals surface area contributed by atoms with E-state index in [0.717, 1.165) is 54.0 Å². The standard InChI is InChI=1S/C73H105N9O14S/c1-46(2)55(70(91)80(8)66(51-24-16-12-17-25-51)59(94-9)44-64(89)81-38-21-27-56(81)67(95-10)48(5)57(83)42-53(69-75-36-39-97-69)40-49-22-14-11-15-23-49)43-60(85)73(6,7)79-72(93)96-45-50-29-31-54(32-30-50)77-68(90)52(26-20-35-76-71(74)92)41-58(84)65(47(3)4)78-61(86)28-18-13-19-37-82-62(87)33-34-63(82)88/h11,14-15,22-23,29-34,36,39,46-48,51-53,55-56,59,65-67H,12-13,16-21,24-28,35,37-38,40-45H2,1-10H3,(H,77,90)(H,78,86)(H,79,93)(H3,74,76,92)/t48-,52?,53+,55-,56-,59+,65-,66-,67+/m0/s1. The number of carbonyl (C=O) groups excluding carboxylic acids is 11. The largest absolute Gasteiger partial charge is 0.445 e. The van der Waals surface area contributed by atoms with Gasteiger partial charge in [-0.2, -0.15) is 0 Å². The van der Waals surface area contributed by atoms with E-state index in [1.165, 1.54) is 12.2 Å². The number of imide groups is 1. The number of likely N-dealkylation sites (N-methyl/N-ethyl adjacent to an activating group) is 1. The van der Waals surface area contributed by atoms with Crippen LogP contribution in [0.15, 0.2) is 78.3 Å². The number of Topliss-reactive ketones (excluding diaryl/α,β-unsaturated/α-hetero) is 3. The van der Waals surface area contributed by atoms with Gasteiger partial charge in [-0.25, -0.2) is 14.6 Å². The molecule has 1 unspecified atom stereocenters. The van der Waals surface area contributed by atoms with E-state index in [1.54, 1.807) is 95.7 Å². The fourth-order valence-corrected chi connectivity index (χ4v) is 14.5. The highest BCUT2D eigenvalue weighted by Gasteiger charge is 2.45. The molecule has 1 saturated heterocycles.